The fourth-order valence-corrected chi connectivity index (χ4v) is 3.26. The number of hydrogen-bond donors (Lipinski definition) is 1. The highest BCUT2D eigenvalue weighted by Crippen LogP contribution is 2.22. The van der Waals surface area contributed by atoms with E-state index in [1.807, 2.05) is 0 Å². The van der Waals surface area contributed by atoms with Crippen LogP contribution in [0.3, 0.4) is 0 Å². The van der Waals surface area contributed by atoms with E-state index >= 15 is 0 Å². The van der Waals surface area contributed by atoms with Gasteiger partial charge in [-0.25, -0.2) is 21.4 Å². The molecule has 1 atom stereocenters. The molecule has 0 aliphatic carbocycles. The van der Waals surface area contributed by atoms with Gasteiger partial charge in [0.1, 0.15) is 21.4 Å². The normalized spacial score (nSPS) is 11.8. The maximum atomic E-state index is 12.9. The minimum absolute atomic E-state index is 0. The highest BCUT2D eigenvalue weighted by molar-refractivity contribution is 9.10. The van der Waals surface area contributed by atoms with Gasteiger partial charge in [0.2, 0.25) is 0 Å². The van der Waals surface area contributed by atoms with Gasteiger partial charge in [-0.15, -0.1) is 0 Å². The van der Waals surface area contributed by atoms with Gasteiger partial charge in [0.05, 0.1) is 0 Å². The summed E-state index contributed by atoms with van der Waals surface area (Å²) in [6.45, 7) is 0. The first-order valence-corrected chi connectivity index (χ1v) is 10.5. The minimum atomic E-state index is -3.97. The van der Waals surface area contributed by atoms with Crippen LogP contribution in [0.4, 0.5) is 8.78 Å². The minimum Gasteiger partial charge on any atom is -0.358 e. The molecule has 0 saturated carbocycles. The summed E-state index contributed by atoms with van der Waals surface area (Å²) >= 11 is 3.77. The van der Waals surface area contributed by atoms with Gasteiger partial charge in [0, 0.05) is 19.6 Å². The van der Waals surface area contributed by atoms with E-state index in [0.29, 0.717) is 8.95 Å². The van der Waals surface area contributed by atoms with Crippen LogP contribution in [0, 0.1) is 19.1 Å². The van der Waals surface area contributed by atoms with Gasteiger partial charge in [-0.3, -0.25) is 0 Å². The van der Waals surface area contributed by atoms with Crippen LogP contribution in [0.5, 0.6) is 0 Å². The Labute approximate surface area is 162 Å². The average molecular weight is 528 g/mol. The van der Waals surface area contributed by atoms with Crippen molar-refractivity contribution in [1.29, 1.82) is 0 Å². The molecular formula is C13H10Br2ClF2O4S2-. The summed E-state index contributed by atoms with van der Waals surface area (Å²) < 4.78 is 66.8. The predicted octanol–water partition coefficient (Wildman–Crippen LogP) is 5.13. The van der Waals surface area contributed by atoms with E-state index in [9.17, 15) is 21.4 Å². The Bertz CT molecular complexity index is 848. The maximum Gasteiger partial charge on any atom is 0.264 e. The topological polar surface area (TPSA) is 71.4 Å². The van der Waals surface area contributed by atoms with Crippen molar-refractivity contribution in [2.75, 3.05) is 0 Å². The Morgan fingerprint density at radius 1 is 1.00 bits per heavy atom. The van der Waals surface area contributed by atoms with E-state index < -0.39 is 36.7 Å². The number of benzene rings is 2. The van der Waals surface area contributed by atoms with Crippen molar-refractivity contribution in [3.8, 4) is 0 Å². The number of hydrogen-bond acceptors (Lipinski definition) is 3. The van der Waals surface area contributed by atoms with Gasteiger partial charge < -0.3 is 12.0 Å². The molecule has 0 aliphatic rings. The van der Waals surface area contributed by atoms with Crippen molar-refractivity contribution in [3.05, 3.63) is 64.4 Å². The Balaban J connectivity index is 0.000000425. The molecule has 0 bridgehead atoms. The molecule has 2 rings (SSSR count). The molecule has 2 aromatic rings. The second-order valence-corrected chi connectivity index (χ2v) is 9.14. The van der Waals surface area contributed by atoms with Crippen LogP contribution in [0.1, 0.15) is 0 Å². The van der Waals surface area contributed by atoms with Crippen LogP contribution in [0.25, 0.3) is 0 Å². The molecule has 1 unspecified atom stereocenters. The molecule has 24 heavy (non-hydrogen) atoms. The van der Waals surface area contributed by atoms with Crippen LogP contribution in [-0.2, 0) is 20.1 Å². The van der Waals surface area contributed by atoms with Crippen molar-refractivity contribution >= 4 is 62.7 Å². The predicted molar refractivity (Wildman–Crippen MR) is 96.7 cm³/mol. The van der Waals surface area contributed by atoms with Crippen LogP contribution in [-0.4, -0.2) is 17.2 Å². The van der Waals surface area contributed by atoms with Crippen LogP contribution >= 0.6 is 42.5 Å². The zero-order valence-corrected chi connectivity index (χ0v) is 17.4. The summed E-state index contributed by atoms with van der Waals surface area (Å²) in [6.07, 6.45) is 0. The van der Waals surface area contributed by atoms with Crippen molar-refractivity contribution in [3.63, 3.8) is 0 Å². The summed E-state index contributed by atoms with van der Waals surface area (Å²) in [5, 5.41) is 0. The smallest absolute Gasteiger partial charge is 0.264 e. The summed E-state index contributed by atoms with van der Waals surface area (Å²) in [5.74, 6) is -1.54. The first kappa shape index (κ1) is 23.6. The largest absolute Gasteiger partial charge is 0.358 e. The first-order chi connectivity index (χ1) is 10.5. The lowest BCUT2D eigenvalue weighted by molar-refractivity contribution is 0.544. The monoisotopic (exact) mass is 525 g/mol. The Kier molecular flexibility index (Phi) is 9.77. The molecule has 134 valence electrons. The summed E-state index contributed by atoms with van der Waals surface area (Å²) in [5.41, 5.74) is 0. The second kappa shape index (κ2) is 9.93. The average Bonchev–Trinajstić information content (AvgIpc) is 2.36. The van der Waals surface area contributed by atoms with Gasteiger partial charge in [-0.1, -0.05) is 31.9 Å². The highest BCUT2D eigenvalue weighted by Gasteiger charge is 2.15. The molecule has 0 aliphatic heterocycles. The molecule has 0 fully saturated rings. The fourth-order valence-electron chi connectivity index (χ4n) is 1.29. The van der Waals surface area contributed by atoms with E-state index in [2.05, 4.69) is 31.9 Å². The quantitative estimate of drug-likeness (QED) is 0.334. The SMILES string of the molecule is O=S(=O)(Cl)c1ccc(Br)cc1F.O=S(O)c1ccc(Br)cc1F.[CH3-]. The van der Waals surface area contributed by atoms with E-state index in [1.165, 1.54) is 18.2 Å². The molecule has 0 spiro atoms. The lowest BCUT2D eigenvalue weighted by Crippen LogP contribution is -1.94. The Hall–Kier alpha value is -0.390. The van der Waals surface area contributed by atoms with Crippen LogP contribution in [0.2, 0.25) is 0 Å². The van der Waals surface area contributed by atoms with Crippen molar-refractivity contribution in [2.45, 2.75) is 9.79 Å². The molecule has 0 amide bonds. The highest BCUT2D eigenvalue weighted by atomic mass is 79.9. The Morgan fingerprint density at radius 2 is 1.46 bits per heavy atom. The first-order valence-electron chi connectivity index (χ1n) is 5.48. The molecule has 0 heterocycles. The number of rotatable bonds is 2. The van der Waals surface area contributed by atoms with E-state index in [-0.39, 0.29) is 12.3 Å². The lowest BCUT2D eigenvalue weighted by Gasteiger charge is -1.97. The summed E-state index contributed by atoms with van der Waals surface area (Å²) in [6, 6.07) is 7.45. The second-order valence-electron chi connectivity index (χ2n) is 3.84. The number of halogens is 5. The fraction of sp³-hybridized carbons (Fsp3) is 0. The summed E-state index contributed by atoms with van der Waals surface area (Å²) in [7, 11) is 0.959. The molecule has 4 nitrogen and oxygen atoms in total. The van der Waals surface area contributed by atoms with Crippen LogP contribution in [0.15, 0.2) is 55.1 Å². The summed E-state index contributed by atoms with van der Waals surface area (Å²) in [4.78, 5) is -0.708. The van der Waals surface area contributed by atoms with E-state index in [0.717, 1.165) is 18.2 Å². The van der Waals surface area contributed by atoms with Crippen LogP contribution < -0.4 is 0 Å². The third kappa shape index (κ3) is 7.24. The molecule has 2 aromatic carbocycles. The zero-order valence-electron chi connectivity index (χ0n) is 11.8. The molecule has 0 saturated heterocycles. The Morgan fingerprint density at radius 3 is 1.83 bits per heavy atom. The van der Waals surface area contributed by atoms with Crippen molar-refractivity contribution in [1.82, 2.24) is 0 Å². The van der Waals surface area contributed by atoms with E-state index in [1.54, 1.807) is 0 Å². The standard InChI is InChI=1S/C6H3BrClFO2S.C6H4BrFO2S.CH3/c7-4-1-2-6(5(9)3-4)12(8,10)11;7-4-1-2-6(11(9)10)5(8)3-4;/h1-3H;1-3H,(H,9,10);1H3/q;;-1. The third-order valence-corrected chi connectivity index (χ3v) is 5.29. The molecule has 11 heteroatoms. The zero-order chi connectivity index (χ0) is 17.8. The molecular weight excluding hydrogens is 518 g/mol. The van der Waals surface area contributed by atoms with Crippen molar-refractivity contribution in [2.24, 2.45) is 0 Å². The maximum absolute atomic E-state index is 12.9. The van der Waals surface area contributed by atoms with Gasteiger partial charge in [0.15, 0.2) is 11.1 Å². The van der Waals surface area contributed by atoms with Gasteiger partial charge in [0.25, 0.3) is 9.05 Å². The van der Waals surface area contributed by atoms with Gasteiger partial charge in [-0.2, -0.15) is 0 Å². The van der Waals surface area contributed by atoms with Crippen molar-refractivity contribution < 1.29 is 26.0 Å². The lowest BCUT2D eigenvalue weighted by atomic mass is 10.3. The van der Waals surface area contributed by atoms with E-state index in [4.69, 9.17) is 15.2 Å². The molecule has 1 N–H and O–H groups in total. The van der Waals surface area contributed by atoms with Gasteiger partial charge in [-0.05, 0) is 36.4 Å². The van der Waals surface area contributed by atoms with Gasteiger partial charge >= 0.3 is 0 Å². The molecule has 0 aromatic heterocycles. The molecule has 0 radical (unpaired) electrons. The third-order valence-electron chi connectivity index (χ3n) is 2.24.